The van der Waals surface area contributed by atoms with E-state index in [0.717, 1.165) is 70.6 Å². The molecule has 6 atom stereocenters. The van der Waals surface area contributed by atoms with Crippen molar-refractivity contribution in [1.29, 1.82) is 0 Å². The van der Waals surface area contributed by atoms with Gasteiger partial charge in [0.2, 0.25) is 0 Å². The molecule has 4 aliphatic carbocycles. The molecule has 4 fully saturated rings. The lowest BCUT2D eigenvalue weighted by molar-refractivity contribution is -0.171. The highest BCUT2D eigenvalue weighted by Crippen LogP contribution is 2.66. The Hall–Kier alpha value is -1.18. The van der Waals surface area contributed by atoms with Crippen molar-refractivity contribution >= 4 is 11.9 Å². The molecule has 0 aromatic carbocycles. The molecule has 0 radical (unpaired) electrons. The second-order valence-electron chi connectivity index (χ2n) is 17.6. The van der Waals surface area contributed by atoms with Crippen LogP contribution in [0.25, 0.3) is 0 Å². The van der Waals surface area contributed by atoms with Gasteiger partial charge in [-0.15, -0.1) is 0 Å². The normalized spacial score (nSPS) is 34.5. The van der Waals surface area contributed by atoms with E-state index in [2.05, 4.69) is 48.5 Å². The zero-order valence-corrected chi connectivity index (χ0v) is 30.6. The van der Waals surface area contributed by atoms with Crippen molar-refractivity contribution in [2.75, 3.05) is 20.0 Å². The van der Waals surface area contributed by atoms with E-state index in [1.807, 2.05) is 6.92 Å². The number of esters is 2. The van der Waals surface area contributed by atoms with Crippen molar-refractivity contribution in [3.63, 3.8) is 0 Å². The molecule has 0 heterocycles. The maximum absolute atomic E-state index is 13.6. The topological polar surface area (TPSA) is 91.3 Å². The standard InChI is InChI=1S/C39H68O7/c1-9-32(43-24-28-12-10-27(23-40)11-13-28)21-29(36(42)45-25-44-33-16-14-30(15-17-33)37(3,4)5)20-26(2)35(41)46-34-22-31-18-19-39(34,8)38(31,6)7/h26-34,40H,9-25H2,1-8H3. The average molecular weight is 649 g/mol. The Labute approximate surface area is 280 Å². The number of aliphatic hydroxyl groups is 1. The SMILES string of the molecule is CCC(CC(CC(C)C(=O)OC1CC2CCC1(C)C2(C)C)C(=O)OCOC1CCC(C(C)(C)C)CC1)OCC1CCC(CO)CC1. The summed E-state index contributed by atoms with van der Waals surface area (Å²) in [4.78, 5) is 27.1. The van der Waals surface area contributed by atoms with E-state index in [-0.39, 0.29) is 54.5 Å². The third-order valence-electron chi connectivity index (χ3n) is 13.5. The highest BCUT2D eigenvalue weighted by molar-refractivity contribution is 5.76. The minimum absolute atomic E-state index is 0.00615. The number of hydrogen-bond donors (Lipinski definition) is 1. The van der Waals surface area contributed by atoms with Crippen LogP contribution in [0.1, 0.15) is 145 Å². The van der Waals surface area contributed by atoms with E-state index in [1.165, 1.54) is 6.42 Å². The second kappa shape index (κ2) is 16.0. The molecule has 266 valence electrons. The molecule has 0 aliphatic heterocycles. The summed E-state index contributed by atoms with van der Waals surface area (Å²) in [5, 5.41) is 9.50. The van der Waals surface area contributed by atoms with Gasteiger partial charge in [0.25, 0.3) is 0 Å². The Balaban J connectivity index is 1.32. The molecule has 0 aromatic heterocycles. The smallest absolute Gasteiger partial charge is 0.311 e. The molecule has 0 saturated heterocycles. The Morgan fingerprint density at radius 2 is 1.54 bits per heavy atom. The maximum Gasteiger partial charge on any atom is 0.311 e. The first-order valence-electron chi connectivity index (χ1n) is 18.9. The van der Waals surface area contributed by atoms with E-state index < -0.39 is 11.8 Å². The minimum Gasteiger partial charge on any atom is -0.462 e. The summed E-state index contributed by atoms with van der Waals surface area (Å²) in [6, 6.07) is 0. The summed E-state index contributed by atoms with van der Waals surface area (Å²) in [6.45, 7) is 18.8. The van der Waals surface area contributed by atoms with Gasteiger partial charge in [-0.3, -0.25) is 9.59 Å². The summed E-state index contributed by atoms with van der Waals surface area (Å²) in [7, 11) is 0. The molecule has 0 amide bonds. The Bertz CT molecular complexity index is 971. The highest BCUT2D eigenvalue weighted by atomic mass is 16.7. The van der Waals surface area contributed by atoms with Gasteiger partial charge in [-0.05, 0) is 124 Å². The maximum atomic E-state index is 13.6. The van der Waals surface area contributed by atoms with E-state index in [4.69, 9.17) is 18.9 Å². The van der Waals surface area contributed by atoms with E-state index in [1.54, 1.807) is 0 Å². The molecule has 4 saturated carbocycles. The van der Waals surface area contributed by atoms with Crippen molar-refractivity contribution in [3.8, 4) is 0 Å². The molecule has 46 heavy (non-hydrogen) atoms. The van der Waals surface area contributed by atoms with Crippen LogP contribution in [0.3, 0.4) is 0 Å². The van der Waals surface area contributed by atoms with Crippen molar-refractivity contribution < 1.29 is 33.6 Å². The molecular formula is C39H68O7. The number of carbonyl (C=O) groups excluding carboxylic acids is 2. The predicted molar refractivity (Wildman–Crippen MR) is 181 cm³/mol. The first-order valence-corrected chi connectivity index (χ1v) is 18.9. The number of aliphatic hydroxyl groups excluding tert-OH is 1. The Kier molecular flexibility index (Phi) is 13.1. The van der Waals surface area contributed by atoms with Crippen LogP contribution >= 0.6 is 0 Å². The van der Waals surface area contributed by atoms with E-state index >= 15 is 0 Å². The summed E-state index contributed by atoms with van der Waals surface area (Å²) in [5.74, 6) is 0.818. The van der Waals surface area contributed by atoms with Crippen LogP contribution in [0.2, 0.25) is 0 Å². The number of fused-ring (bicyclic) bond motifs is 2. The van der Waals surface area contributed by atoms with Gasteiger partial charge >= 0.3 is 11.9 Å². The monoisotopic (exact) mass is 648 g/mol. The van der Waals surface area contributed by atoms with Crippen molar-refractivity contribution in [1.82, 2.24) is 0 Å². The van der Waals surface area contributed by atoms with Crippen molar-refractivity contribution in [2.24, 2.45) is 51.8 Å². The molecule has 0 spiro atoms. The van der Waals surface area contributed by atoms with Crippen LogP contribution in [-0.2, 0) is 28.5 Å². The Morgan fingerprint density at radius 1 is 0.891 bits per heavy atom. The molecule has 2 bridgehead atoms. The minimum atomic E-state index is -0.468. The summed E-state index contributed by atoms with van der Waals surface area (Å²) < 4.78 is 24.5. The summed E-state index contributed by atoms with van der Waals surface area (Å²) in [5.41, 5.74) is 0.485. The van der Waals surface area contributed by atoms with Gasteiger partial charge in [0.05, 0.1) is 24.0 Å². The number of hydrogen-bond acceptors (Lipinski definition) is 7. The lowest BCUT2D eigenvalue weighted by atomic mass is 9.70. The fourth-order valence-corrected chi connectivity index (χ4v) is 9.30. The summed E-state index contributed by atoms with van der Waals surface area (Å²) >= 11 is 0. The fourth-order valence-electron chi connectivity index (χ4n) is 9.30. The molecule has 4 aliphatic rings. The lowest BCUT2D eigenvalue weighted by Gasteiger charge is -2.38. The largest absolute Gasteiger partial charge is 0.462 e. The zero-order valence-electron chi connectivity index (χ0n) is 30.6. The molecule has 1 N–H and O–H groups in total. The van der Waals surface area contributed by atoms with Gasteiger partial charge in [-0.1, -0.05) is 55.4 Å². The lowest BCUT2D eigenvalue weighted by Crippen LogP contribution is -2.39. The number of rotatable bonds is 15. The third-order valence-corrected chi connectivity index (χ3v) is 13.5. The third kappa shape index (κ3) is 9.08. The first-order chi connectivity index (χ1) is 21.7. The number of carbonyl (C=O) groups is 2. The van der Waals surface area contributed by atoms with Crippen LogP contribution < -0.4 is 0 Å². The van der Waals surface area contributed by atoms with Crippen LogP contribution in [0.4, 0.5) is 0 Å². The van der Waals surface area contributed by atoms with E-state index in [9.17, 15) is 14.7 Å². The van der Waals surface area contributed by atoms with Crippen LogP contribution in [0, 0.1) is 51.8 Å². The highest BCUT2D eigenvalue weighted by Gasteiger charge is 2.63. The van der Waals surface area contributed by atoms with Crippen LogP contribution in [0.5, 0.6) is 0 Å². The first kappa shape index (κ1) is 37.6. The van der Waals surface area contributed by atoms with Gasteiger partial charge in [-0.25, -0.2) is 0 Å². The van der Waals surface area contributed by atoms with Crippen LogP contribution in [-0.4, -0.2) is 55.4 Å². The zero-order chi connectivity index (χ0) is 33.7. The molecular weight excluding hydrogens is 580 g/mol. The number of ether oxygens (including phenoxy) is 4. The summed E-state index contributed by atoms with van der Waals surface area (Å²) in [6.07, 6.45) is 13.4. The second-order valence-corrected chi connectivity index (χ2v) is 17.6. The van der Waals surface area contributed by atoms with Crippen LogP contribution in [0.15, 0.2) is 0 Å². The molecule has 6 unspecified atom stereocenters. The van der Waals surface area contributed by atoms with Gasteiger partial charge < -0.3 is 24.1 Å². The molecule has 0 aromatic rings. The van der Waals surface area contributed by atoms with Gasteiger partial charge in [0.1, 0.15) is 6.10 Å². The molecule has 7 nitrogen and oxygen atoms in total. The van der Waals surface area contributed by atoms with Crippen molar-refractivity contribution in [3.05, 3.63) is 0 Å². The Morgan fingerprint density at radius 3 is 2.09 bits per heavy atom. The van der Waals surface area contributed by atoms with Gasteiger partial charge in [0, 0.05) is 18.6 Å². The quantitative estimate of drug-likeness (QED) is 0.141. The van der Waals surface area contributed by atoms with Crippen molar-refractivity contribution in [2.45, 2.75) is 164 Å². The fraction of sp³-hybridized carbons (Fsp3) is 0.949. The van der Waals surface area contributed by atoms with Gasteiger partial charge in [-0.2, -0.15) is 0 Å². The van der Waals surface area contributed by atoms with Gasteiger partial charge in [0.15, 0.2) is 6.79 Å². The average Bonchev–Trinajstić information content (AvgIpc) is 3.36. The predicted octanol–water partition coefficient (Wildman–Crippen LogP) is 8.49. The molecule has 7 heteroatoms. The van der Waals surface area contributed by atoms with E-state index in [0.29, 0.717) is 48.5 Å². The molecule has 4 rings (SSSR count).